The maximum Gasteiger partial charge on any atom is 0.330 e. The molecule has 0 atom stereocenters. The topological polar surface area (TPSA) is 43.6 Å². The molecule has 4 heteroatoms. The van der Waals surface area contributed by atoms with Crippen molar-refractivity contribution in [2.75, 3.05) is 6.61 Å². The van der Waals surface area contributed by atoms with Crippen LogP contribution in [0.4, 0.5) is 0 Å². The van der Waals surface area contributed by atoms with Gasteiger partial charge in [0.1, 0.15) is 5.65 Å². The fourth-order valence-corrected chi connectivity index (χ4v) is 1.42. The Kier molecular flexibility index (Phi) is 3.00. The Morgan fingerprint density at radius 2 is 2.44 bits per heavy atom. The maximum atomic E-state index is 11.1. The highest BCUT2D eigenvalue weighted by molar-refractivity contribution is 5.86. The predicted octanol–water partition coefficient (Wildman–Crippen LogP) is 1.91. The van der Waals surface area contributed by atoms with Gasteiger partial charge in [-0.1, -0.05) is 6.07 Å². The molecular formula is C12H12N2O2. The van der Waals surface area contributed by atoms with Gasteiger partial charge in [0, 0.05) is 12.3 Å². The molecule has 16 heavy (non-hydrogen) atoms. The van der Waals surface area contributed by atoms with Crippen LogP contribution in [0.2, 0.25) is 0 Å². The van der Waals surface area contributed by atoms with Crippen LogP contribution in [0.3, 0.4) is 0 Å². The number of imidazole rings is 1. The van der Waals surface area contributed by atoms with Crippen LogP contribution in [-0.2, 0) is 9.53 Å². The van der Waals surface area contributed by atoms with E-state index in [1.54, 1.807) is 19.2 Å². The number of fused-ring (bicyclic) bond motifs is 1. The van der Waals surface area contributed by atoms with Gasteiger partial charge in [-0.05, 0) is 25.1 Å². The van der Waals surface area contributed by atoms with E-state index in [-0.39, 0.29) is 5.97 Å². The van der Waals surface area contributed by atoms with Crippen molar-refractivity contribution in [2.24, 2.45) is 0 Å². The van der Waals surface area contributed by atoms with Gasteiger partial charge in [-0.15, -0.1) is 0 Å². The van der Waals surface area contributed by atoms with Crippen LogP contribution in [0, 0.1) is 0 Å². The molecule has 0 aliphatic rings. The van der Waals surface area contributed by atoms with Crippen molar-refractivity contribution in [3.05, 3.63) is 42.4 Å². The summed E-state index contributed by atoms with van der Waals surface area (Å²) in [4.78, 5) is 15.3. The highest BCUT2D eigenvalue weighted by Gasteiger charge is 1.99. The lowest BCUT2D eigenvalue weighted by molar-refractivity contribution is -0.137. The van der Waals surface area contributed by atoms with Crippen LogP contribution >= 0.6 is 0 Å². The lowest BCUT2D eigenvalue weighted by Gasteiger charge is -1.96. The van der Waals surface area contributed by atoms with Gasteiger partial charge in [0.2, 0.25) is 0 Å². The molecule has 0 bridgehead atoms. The van der Waals surface area contributed by atoms with E-state index >= 15 is 0 Å². The van der Waals surface area contributed by atoms with Gasteiger partial charge in [0.25, 0.3) is 0 Å². The second kappa shape index (κ2) is 4.61. The lowest BCUT2D eigenvalue weighted by atomic mass is 10.4. The fraction of sp³-hybridized carbons (Fsp3) is 0.167. The molecule has 0 saturated carbocycles. The highest BCUT2D eigenvalue weighted by atomic mass is 16.5. The number of carbonyl (C=O) groups excluding carboxylic acids is 1. The van der Waals surface area contributed by atoms with Crippen molar-refractivity contribution < 1.29 is 9.53 Å². The maximum absolute atomic E-state index is 11.1. The van der Waals surface area contributed by atoms with Crippen LogP contribution in [-0.4, -0.2) is 22.0 Å². The summed E-state index contributed by atoms with van der Waals surface area (Å²) in [7, 11) is 0. The van der Waals surface area contributed by atoms with Gasteiger partial charge in [-0.25, -0.2) is 9.78 Å². The highest BCUT2D eigenvalue weighted by Crippen LogP contribution is 2.07. The average Bonchev–Trinajstić information content (AvgIpc) is 2.70. The number of ether oxygens (including phenoxy) is 1. The van der Waals surface area contributed by atoms with Crippen LogP contribution in [0.5, 0.6) is 0 Å². The van der Waals surface area contributed by atoms with E-state index in [1.807, 2.05) is 28.8 Å². The Hall–Kier alpha value is -2.10. The Morgan fingerprint density at radius 3 is 3.25 bits per heavy atom. The zero-order valence-corrected chi connectivity index (χ0v) is 8.96. The van der Waals surface area contributed by atoms with Gasteiger partial charge in [0.05, 0.1) is 18.5 Å². The van der Waals surface area contributed by atoms with Crippen molar-refractivity contribution in [3.63, 3.8) is 0 Å². The Labute approximate surface area is 93.2 Å². The summed E-state index contributed by atoms with van der Waals surface area (Å²) in [6.07, 6.45) is 6.70. The van der Waals surface area contributed by atoms with Gasteiger partial charge in [-0.2, -0.15) is 0 Å². The quantitative estimate of drug-likeness (QED) is 0.581. The summed E-state index contributed by atoms with van der Waals surface area (Å²) in [5, 5.41) is 0. The molecule has 0 aliphatic carbocycles. The smallest absolute Gasteiger partial charge is 0.330 e. The Bertz CT molecular complexity index is 529. The number of nitrogens with zero attached hydrogens (tertiary/aromatic N) is 2. The molecule has 0 unspecified atom stereocenters. The number of pyridine rings is 1. The van der Waals surface area contributed by atoms with Crippen LogP contribution in [0.15, 0.2) is 36.7 Å². The van der Waals surface area contributed by atoms with E-state index in [0.29, 0.717) is 6.61 Å². The lowest BCUT2D eigenvalue weighted by Crippen LogP contribution is -1.98. The molecule has 0 spiro atoms. The molecule has 0 saturated heterocycles. The van der Waals surface area contributed by atoms with Gasteiger partial charge in [0.15, 0.2) is 0 Å². The minimum atomic E-state index is -0.339. The first-order valence-corrected chi connectivity index (χ1v) is 5.08. The second-order valence-corrected chi connectivity index (χ2v) is 3.20. The minimum absolute atomic E-state index is 0.339. The number of rotatable bonds is 3. The van der Waals surface area contributed by atoms with Crippen molar-refractivity contribution in [1.82, 2.24) is 9.38 Å². The molecule has 82 valence electrons. The molecule has 0 radical (unpaired) electrons. The van der Waals surface area contributed by atoms with Crippen molar-refractivity contribution in [1.29, 1.82) is 0 Å². The van der Waals surface area contributed by atoms with Gasteiger partial charge >= 0.3 is 5.97 Å². The molecule has 4 nitrogen and oxygen atoms in total. The van der Waals surface area contributed by atoms with Crippen molar-refractivity contribution >= 4 is 17.7 Å². The standard InChI is InChI=1S/C12H12N2O2/c1-2-16-12(15)7-6-10-9-13-11-5-3-4-8-14(10)11/h3-9H,2H2,1H3. The number of esters is 1. The molecule has 0 fully saturated rings. The third kappa shape index (κ3) is 2.11. The molecule has 0 amide bonds. The van der Waals surface area contributed by atoms with Crippen molar-refractivity contribution in [3.8, 4) is 0 Å². The first-order chi connectivity index (χ1) is 7.81. The molecule has 2 aromatic heterocycles. The van der Waals surface area contributed by atoms with Crippen LogP contribution < -0.4 is 0 Å². The third-order valence-electron chi connectivity index (χ3n) is 2.12. The van der Waals surface area contributed by atoms with E-state index in [1.165, 1.54) is 6.08 Å². The zero-order valence-electron chi connectivity index (χ0n) is 8.96. The average molecular weight is 216 g/mol. The van der Waals surface area contributed by atoms with E-state index in [4.69, 9.17) is 4.74 Å². The van der Waals surface area contributed by atoms with Crippen LogP contribution in [0.1, 0.15) is 12.6 Å². The third-order valence-corrected chi connectivity index (χ3v) is 2.12. The molecule has 0 aliphatic heterocycles. The normalized spacial score (nSPS) is 11.1. The number of carbonyl (C=O) groups is 1. The number of aromatic nitrogens is 2. The first kappa shape index (κ1) is 10.4. The fourth-order valence-electron chi connectivity index (χ4n) is 1.42. The predicted molar refractivity (Wildman–Crippen MR) is 60.9 cm³/mol. The molecule has 2 rings (SSSR count). The summed E-state index contributed by atoms with van der Waals surface area (Å²) < 4.78 is 6.70. The van der Waals surface area contributed by atoms with Gasteiger partial charge < -0.3 is 9.14 Å². The minimum Gasteiger partial charge on any atom is -0.463 e. The molecular weight excluding hydrogens is 204 g/mol. The van der Waals surface area contributed by atoms with E-state index in [2.05, 4.69) is 4.98 Å². The second-order valence-electron chi connectivity index (χ2n) is 3.20. The molecule has 2 aromatic rings. The summed E-state index contributed by atoms with van der Waals surface area (Å²) >= 11 is 0. The van der Waals surface area contributed by atoms with E-state index < -0.39 is 0 Å². The number of hydrogen-bond donors (Lipinski definition) is 0. The largest absolute Gasteiger partial charge is 0.463 e. The van der Waals surface area contributed by atoms with E-state index in [0.717, 1.165) is 11.3 Å². The summed E-state index contributed by atoms with van der Waals surface area (Å²) in [6.45, 7) is 2.16. The molecule has 0 N–H and O–H groups in total. The summed E-state index contributed by atoms with van der Waals surface area (Å²) in [5.41, 5.74) is 1.70. The van der Waals surface area contributed by atoms with Crippen LogP contribution in [0.25, 0.3) is 11.7 Å². The molecule has 2 heterocycles. The summed E-state index contributed by atoms with van der Waals surface area (Å²) in [5.74, 6) is -0.339. The van der Waals surface area contributed by atoms with E-state index in [9.17, 15) is 4.79 Å². The Balaban J connectivity index is 2.24. The van der Waals surface area contributed by atoms with Crippen molar-refractivity contribution in [2.45, 2.75) is 6.92 Å². The summed E-state index contributed by atoms with van der Waals surface area (Å²) in [6, 6.07) is 5.74. The van der Waals surface area contributed by atoms with Gasteiger partial charge in [-0.3, -0.25) is 0 Å². The monoisotopic (exact) mass is 216 g/mol. The number of hydrogen-bond acceptors (Lipinski definition) is 3. The Morgan fingerprint density at radius 1 is 1.56 bits per heavy atom. The first-order valence-electron chi connectivity index (χ1n) is 5.08. The SMILES string of the molecule is CCOC(=O)C=Cc1cnc2ccccn12. The zero-order chi connectivity index (χ0) is 11.4. The molecule has 0 aromatic carbocycles.